The lowest BCUT2D eigenvalue weighted by Crippen LogP contribution is -2.41. The van der Waals surface area contributed by atoms with E-state index in [1.54, 1.807) is 0 Å². The van der Waals surface area contributed by atoms with E-state index in [1.807, 2.05) is 31.2 Å². The summed E-state index contributed by atoms with van der Waals surface area (Å²) in [5, 5.41) is 22.1. The number of β-amino-alcohol motifs (C(OH)–C–C–N with tert-alkyl or cyclic N) is 1. The molecule has 1 aliphatic rings. The van der Waals surface area contributed by atoms with Gasteiger partial charge in [0, 0.05) is 12.1 Å². The first-order chi connectivity index (χ1) is 8.65. The lowest BCUT2D eigenvalue weighted by molar-refractivity contribution is 0.0975. The zero-order chi connectivity index (χ0) is 13.0. The van der Waals surface area contributed by atoms with E-state index in [-0.39, 0.29) is 18.8 Å². The molecule has 1 atom stereocenters. The molecule has 1 aliphatic carbocycles. The normalized spacial score (nSPS) is 18.4. The summed E-state index contributed by atoms with van der Waals surface area (Å²) in [5.41, 5.74) is 0.926. The van der Waals surface area contributed by atoms with Crippen LogP contribution in [0.1, 0.15) is 18.4 Å². The van der Waals surface area contributed by atoms with Gasteiger partial charge in [-0.3, -0.25) is 0 Å². The van der Waals surface area contributed by atoms with E-state index in [1.165, 1.54) is 0 Å². The largest absolute Gasteiger partial charge is 0.491 e. The zero-order valence-electron chi connectivity index (χ0n) is 10.7. The Hall–Kier alpha value is -1.10. The van der Waals surface area contributed by atoms with Gasteiger partial charge in [0.1, 0.15) is 18.5 Å². The first-order valence-electron chi connectivity index (χ1n) is 6.38. The summed E-state index contributed by atoms with van der Waals surface area (Å²) in [5.74, 6) is 0.805. The summed E-state index contributed by atoms with van der Waals surface area (Å²) in [4.78, 5) is 0. The van der Waals surface area contributed by atoms with Gasteiger partial charge in [-0.2, -0.15) is 0 Å². The van der Waals surface area contributed by atoms with Gasteiger partial charge in [-0.25, -0.2) is 0 Å². The minimum atomic E-state index is -0.561. The van der Waals surface area contributed by atoms with Crippen LogP contribution in [0.25, 0.3) is 0 Å². The van der Waals surface area contributed by atoms with Crippen LogP contribution >= 0.6 is 0 Å². The molecule has 0 aliphatic heterocycles. The highest BCUT2D eigenvalue weighted by Crippen LogP contribution is 2.34. The average Bonchev–Trinajstić information content (AvgIpc) is 3.16. The smallest absolute Gasteiger partial charge is 0.122 e. The third-order valence-corrected chi connectivity index (χ3v) is 3.39. The maximum atomic E-state index is 9.82. The second-order valence-corrected chi connectivity index (χ2v) is 5.05. The standard InChI is InChI=1S/C14H21NO3/c1-11-4-2-3-5-13(11)18-9-12(17)8-15-14(10-16)6-7-14/h2-5,12,15-17H,6-10H2,1H3. The fourth-order valence-electron chi connectivity index (χ4n) is 1.84. The van der Waals surface area contributed by atoms with Crippen LogP contribution in [0.4, 0.5) is 0 Å². The number of hydrogen-bond acceptors (Lipinski definition) is 4. The fourth-order valence-corrected chi connectivity index (χ4v) is 1.84. The first kappa shape index (κ1) is 13.3. The van der Waals surface area contributed by atoms with Crippen molar-refractivity contribution in [1.82, 2.24) is 5.32 Å². The number of aliphatic hydroxyl groups is 2. The molecule has 0 radical (unpaired) electrons. The maximum absolute atomic E-state index is 9.82. The van der Waals surface area contributed by atoms with Gasteiger partial charge >= 0.3 is 0 Å². The predicted octanol–water partition coefficient (Wildman–Crippen LogP) is 0.849. The van der Waals surface area contributed by atoms with Gasteiger partial charge in [-0.1, -0.05) is 18.2 Å². The number of benzene rings is 1. The van der Waals surface area contributed by atoms with Crippen LogP contribution in [0.3, 0.4) is 0 Å². The number of aryl methyl sites for hydroxylation is 1. The van der Waals surface area contributed by atoms with Gasteiger partial charge in [-0.05, 0) is 31.4 Å². The van der Waals surface area contributed by atoms with E-state index in [0.29, 0.717) is 6.54 Å². The molecule has 1 aromatic carbocycles. The highest BCUT2D eigenvalue weighted by Gasteiger charge is 2.41. The highest BCUT2D eigenvalue weighted by molar-refractivity contribution is 5.31. The van der Waals surface area contributed by atoms with Crippen LogP contribution in [-0.4, -0.2) is 41.6 Å². The highest BCUT2D eigenvalue weighted by atomic mass is 16.5. The number of nitrogens with one attached hydrogen (secondary N) is 1. The van der Waals surface area contributed by atoms with Crippen molar-refractivity contribution in [3.05, 3.63) is 29.8 Å². The minimum Gasteiger partial charge on any atom is -0.491 e. The van der Waals surface area contributed by atoms with E-state index in [4.69, 9.17) is 9.84 Å². The molecule has 1 saturated carbocycles. The molecule has 18 heavy (non-hydrogen) atoms. The minimum absolute atomic E-state index is 0.135. The summed E-state index contributed by atoms with van der Waals surface area (Å²) >= 11 is 0. The molecule has 4 heteroatoms. The van der Waals surface area contributed by atoms with Crippen molar-refractivity contribution in [2.45, 2.75) is 31.4 Å². The van der Waals surface area contributed by atoms with E-state index in [2.05, 4.69) is 5.32 Å². The average molecular weight is 251 g/mol. The van der Waals surface area contributed by atoms with Crippen LogP contribution in [0.2, 0.25) is 0 Å². The Morgan fingerprint density at radius 3 is 2.72 bits per heavy atom. The SMILES string of the molecule is Cc1ccccc1OCC(O)CNC1(CO)CC1. The predicted molar refractivity (Wildman–Crippen MR) is 69.7 cm³/mol. The molecule has 1 aromatic rings. The van der Waals surface area contributed by atoms with Crippen LogP contribution in [-0.2, 0) is 0 Å². The van der Waals surface area contributed by atoms with Gasteiger partial charge in [0.25, 0.3) is 0 Å². The van der Waals surface area contributed by atoms with Crippen molar-refractivity contribution in [2.75, 3.05) is 19.8 Å². The zero-order valence-corrected chi connectivity index (χ0v) is 10.7. The molecule has 4 nitrogen and oxygen atoms in total. The molecule has 2 rings (SSSR count). The van der Waals surface area contributed by atoms with Crippen LogP contribution < -0.4 is 10.1 Å². The van der Waals surface area contributed by atoms with Crippen molar-refractivity contribution < 1.29 is 14.9 Å². The van der Waals surface area contributed by atoms with Gasteiger partial charge < -0.3 is 20.3 Å². The van der Waals surface area contributed by atoms with Crippen LogP contribution in [0.15, 0.2) is 24.3 Å². The Balaban J connectivity index is 1.72. The van der Waals surface area contributed by atoms with Crippen molar-refractivity contribution in [1.29, 1.82) is 0 Å². The summed E-state index contributed by atoms with van der Waals surface area (Å²) < 4.78 is 5.57. The first-order valence-corrected chi connectivity index (χ1v) is 6.38. The van der Waals surface area contributed by atoms with Crippen molar-refractivity contribution >= 4 is 0 Å². The van der Waals surface area contributed by atoms with Gasteiger partial charge in [-0.15, -0.1) is 0 Å². The number of aliphatic hydroxyl groups excluding tert-OH is 2. The third-order valence-electron chi connectivity index (χ3n) is 3.39. The molecule has 0 heterocycles. The van der Waals surface area contributed by atoms with Gasteiger partial charge in [0.05, 0.1) is 6.61 Å². The topological polar surface area (TPSA) is 61.7 Å². The fraction of sp³-hybridized carbons (Fsp3) is 0.571. The molecule has 3 N–H and O–H groups in total. The lowest BCUT2D eigenvalue weighted by atomic mass is 10.2. The van der Waals surface area contributed by atoms with Gasteiger partial charge in [0.2, 0.25) is 0 Å². The maximum Gasteiger partial charge on any atom is 0.122 e. The van der Waals surface area contributed by atoms with Crippen LogP contribution in [0, 0.1) is 6.92 Å². The number of para-hydroxylation sites is 1. The lowest BCUT2D eigenvalue weighted by Gasteiger charge is -2.18. The van der Waals surface area contributed by atoms with Crippen LogP contribution in [0.5, 0.6) is 5.75 Å². The number of rotatable bonds is 7. The Morgan fingerprint density at radius 2 is 2.11 bits per heavy atom. The summed E-state index contributed by atoms with van der Waals surface area (Å²) in [6, 6.07) is 7.74. The Labute approximate surface area is 108 Å². The van der Waals surface area contributed by atoms with E-state index < -0.39 is 6.10 Å². The molecule has 0 spiro atoms. The summed E-state index contributed by atoms with van der Waals surface area (Å²) in [6.07, 6.45) is 1.40. The monoisotopic (exact) mass is 251 g/mol. The van der Waals surface area contributed by atoms with Crippen molar-refractivity contribution in [2.24, 2.45) is 0 Å². The number of ether oxygens (including phenoxy) is 1. The molecule has 1 unspecified atom stereocenters. The molecule has 100 valence electrons. The summed E-state index contributed by atoms with van der Waals surface area (Å²) in [6.45, 7) is 2.83. The van der Waals surface area contributed by atoms with E-state index in [9.17, 15) is 5.11 Å². The van der Waals surface area contributed by atoms with E-state index in [0.717, 1.165) is 24.2 Å². The van der Waals surface area contributed by atoms with Gasteiger partial charge in [0.15, 0.2) is 0 Å². The molecular weight excluding hydrogens is 230 g/mol. The number of hydrogen-bond donors (Lipinski definition) is 3. The second-order valence-electron chi connectivity index (χ2n) is 5.05. The molecular formula is C14H21NO3. The Kier molecular flexibility index (Phi) is 4.22. The molecule has 0 saturated heterocycles. The molecule has 0 bridgehead atoms. The van der Waals surface area contributed by atoms with E-state index >= 15 is 0 Å². The quantitative estimate of drug-likeness (QED) is 0.672. The Bertz CT molecular complexity index is 390. The second kappa shape index (κ2) is 5.69. The Morgan fingerprint density at radius 1 is 1.39 bits per heavy atom. The van der Waals surface area contributed by atoms with Crippen molar-refractivity contribution in [3.63, 3.8) is 0 Å². The third kappa shape index (κ3) is 3.45. The molecule has 1 fully saturated rings. The summed E-state index contributed by atoms with van der Waals surface area (Å²) in [7, 11) is 0. The molecule has 0 aromatic heterocycles. The molecule has 0 amide bonds. The van der Waals surface area contributed by atoms with Crippen molar-refractivity contribution in [3.8, 4) is 5.75 Å².